The molecule has 48 heavy (non-hydrogen) atoms. The van der Waals surface area contributed by atoms with Crippen molar-refractivity contribution in [1.82, 2.24) is 19.9 Å². The summed E-state index contributed by atoms with van der Waals surface area (Å²) in [6.45, 7) is 0. The van der Waals surface area contributed by atoms with Gasteiger partial charge in [0.15, 0.2) is 17.5 Å². The lowest BCUT2D eigenvalue weighted by Crippen LogP contribution is -2.00. The van der Waals surface area contributed by atoms with Crippen molar-refractivity contribution in [2.45, 2.75) is 0 Å². The van der Waals surface area contributed by atoms with Crippen LogP contribution in [0, 0.1) is 0 Å². The van der Waals surface area contributed by atoms with Crippen LogP contribution in [0.5, 0.6) is 0 Å². The summed E-state index contributed by atoms with van der Waals surface area (Å²) in [5, 5.41) is 5.19. The summed E-state index contributed by atoms with van der Waals surface area (Å²) in [5.74, 6) is 1.80. The predicted octanol–water partition coefficient (Wildman–Crippen LogP) is 10.9. The van der Waals surface area contributed by atoms with Crippen molar-refractivity contribution in [2.75, 3.05) is 0 Å². The fraction of sp³-hybridized carbons (Fsp3) is 0. The molecular formula is C42H24N4O2. The average Bonchev–Trinajstić information content (AvgIpc) is 3.72. The molecular weight excluding hydrogens is 592 g/mol. The van der Waals surface area contributed by atoms with E-state index >= 15 is 0 Å². The van der Waals surface area contributed by atoms with Gasteiger partial charge in [-0.2, -0.15) is 0 Å². The van der Waals surface area contributed by atoms with E-state index in [0.29, 0.717) is 17.5 Å². The van der Waals surface area contributed by atoms with Gasteiger partial charge in [-0.25, -0.2) is 15.0 Å². The molecule has 0 radical (unpaired) electrons. The zero-order valence-electron chi connectivity index (χ0n) is 25.5. The maximum absolute atomic E-state index is 6.32. The Bertz CT molecular complexity index is 2840. The summed E-state index contributed by atoms with van der Waals surface area (Å²) in [6, 6.07) is 46.9. The van der Waals surface area contributed by atoms with Gasteiger partial charge in [-0.1, -0.05) is 103 Å². The van der Waals surface area contributed by atoms with E-state index in [4.69, 9.17) is 23.8 Å². The zero-order valence-corrected chi connectivity index (χ0v) is 25.5. The lowest BCUT2D eigenvalue weighted by molar-refractivity contribution is 0.669. The van der Waals surface area contributed by atoms with Gasteiger partial charge >= 0.3 is 0 Å². The molecule has 224 valence electrons. The maximum Gasteiger partial charge on any atom is 0.164 e. The monoisotopic (exact) mass is 616 g/mol. The molecule has 0 amide bonds. The van der Waals surface area contributed by atoms with Gasteiger partial charge in [0.1, 0.15) is 22.3 Å². The van der Waals surface area contributed by atoms with Crippen LogP contribution in [0.25, 0.3) is 100 Å². The maximum atomic E-state index is 6.32. The van der Waals surface area contributed by atoms with Crippen LogP contribution in [0.3, 0.4) is 0 Å². The Morgan fingerprint density at radius 3 is 1.83 bits per heavy atom. The first kappa shape index (κ1) is 26.5. The molecule has 0 bridgehead atoms. The highest BCUT2D eigenvalue weighted by Crippen LogP contribution is 2.39. The molecule has 6 aromatic carbocycles. The number of nitrogens with zero attached hydrogens (tertiary/aromatic N) is 4. The summed E-state index contributed by atoms with van der Waals surface area (Å²) in [6.07, 6.45) is 1.82. The van der Waals surface area contributed by atoms with Crippen LogP contribution in [0.4, 0.5) is 0 Å². The summed E-state index contributed by atoms with van der Waals surface area (Å²) >= 11 is 0. The molecule has 0 saturated carbocycles. The van der Waals surface area contributed by atoms with Gasteiger partial charge in [0.05, 0.1) is 5.52 Å². The second-order valence-corrected chi connectivity index (χ2v) is 11.9. The molecule has 6 nitrogen and oxygen atoms in total. The van der Waals surface area contributed by atoms with Crippen molar-refractivity contribution >= 4 is 54.8 Å². The van der Waals surface area contributed by atoms with E-state index in [9.17, 15) is 0 Å². The van der Waals surface area contributed by atoms with E-state index in [-0.39, 0.29) is 0 Å². The molecule has 0 saturated heterocycles. The van der Waals surface area contributed by atoms with Crippen molar-refractivity contribution in [3.63, 3.8) is 0 Å². The Morgan fingerprint density at radius 1 is 0.396 bits per heavy atom. The molecule has 0 fully saturated rings. The van der Waals surface area contributed by atoms with Crippen LogP contribution in [0.2, 0.25) is 0 Å². The van der Waals surface area contributed by atoms with E-state index in [1.54, 1.807) is 0 Å². The first-order valence-corrected chi connectivity index (χ1v) is 15.8. The number of fused-ring (bicyclic) bond motifs is 7. The van der Waals surface area contributed by atoms with Gasteiger partial charge in [0.25, 0.3) is 0 Å². The minimum atomic E-state index is 0.593. The Hall–Kier alpha value is -6.66. The molecule has 0 aliphatic carbocycles. The molecule has 0 unspecified atom stereocenters. The number of rotatable bonds is 4. The lowest BCUT2D eigenvalue weighted by atomic mass is 9.98. The van der Waals surface area contributed by atoms with E-state index in [0.717, 1.165) is 82.6 Å². The molecule has 0 N–H and O–H groups in total. The summed E-state index contributed by atoms with van der Waals surface area (Å²) in [5.41, 5.74) is 9.13. The van der Waals surface area contributed by atoms with Gasteiger partial charge in [-0.3, -0.25) is 4.98 Å². The molecule has 10 aromatic rings. The molecule has 6 heteroatoms. The third kappa shape index (κ3) is 4.20. The zero-order chi connectivity index (χ0) is 31.6. The number of furan rings is 2. The van der Waals surface area contributed by atoms with Crippen molar-refractivity contribution in [3.8, 4) is 45.3 Å². The number of hydrogen-bond donors (Lipinski definition) is 0. The minimum absolute atomic E-state index is 0.593. The largest absolute Gasteiger partial charge is 0.456 e. The second-order valence-electron chi connectivity index (χ2n) is 11.9. The summed E-state index contributed by atoms with van der Waals surface area (Å²) < 4.78 is 12.5. The van der Waals surface area contributed by atoms with Gasteiger partial charge in [0, 0.05) is 49.8 Å². The van der Waals surface area contributed by atoms with Crippen LogP contribution in [0.1, 0.15) is 0 Å². The van der Waals surface area contributed by atoms with Gasteiger partial charge in [-0.15, -0.1) is 0 Å². The molecule has 4 aromatic heterocycles. The Balaban J connectivity index is 1.13. The average molecular weight is 617 g/mol. The fourth-order valence-electron chi connectivity index (χ4n) is 6.73. The second kappa shape index (κ2) is 10.4. The summed E-state index contributed by atoms with van der Waals surface area (Å²) in [4.78, 5) is 19.6. The summed E-state index contributed by atoms with van der Waals surface area (Å²) in [7, 11) is 0. The molecule has 0 aliphatic heterocycles. The normalized spacial score (nSPS) is 11.8. The lowest BCUT2D eigenvalue weighted by Gasteiger charge is -2.10. The quantitative estimate of drug-likeness (QED) is 0.196. The Kier molecular flexibility index (Phi) is 5.77. The van der Waals surface area contributed by atoms with Crippen LogP contribution in [0.15, 0.2) is 155 Å². The Morgan fingerprint density at radius 2 is 1.02 bits per heavy atom. The molecule has 10 rings (SSSR count). The first-order valence-electron chi connectivity index (χ1n) is 15.8. The van der Waals surface area contributed by atoms with Crippen LogP contribution < -0.4 is 0 Å². The Labute approximate surface area is 274 Å². The predicted molar refractivity (Wildman–Crippen MR) is 191 cm³/mol. The third-order valence-corrected chi connectivity index (χ3v) is 8.98. The molecule has 0 aliphatic rings. The van der Waals surface area contributed by atoms with Crippen molar-refractivity contribution in [1.29, 1.82) is 0 Å². The molecule has 0 spiro atoms. The molecule has 4 heterocycles. The van der Waals surface area contributed by atoms with Crippen LogP contribution >= 0.6 is 0 Å². The number of hydrogen-bond acceptors (Lipinski definition) is 6. The SMILES string of the molecule is c1ccc(-c2nc(-c3ccc(-c4cccc5oc6cc7cccnc7cc6c45)cc3)nc(-c3cccc4oc5ccccc5c34)n2)cc1. The third-order valence-electron chi connectivity index (χ3n) is 8.98. The fourth-order valence-corrected chi connectivity index (χ4v) is 6.73. The number of aromatic nitrogens is 4. The van der Waals surface area contributed by atoms with Crippen molar-refractivity contribution in [2.24, 2.45) is 0 Å². The highest BCUT2D eigenvalue weighted by molar-refractivity contribution is 6.15. The van der Waals surface area contributed by atoms with E-state index in [1.165, 1.54) is 0 Å². The van der Waals surface area contributed by atoms with E-state index < -0.39 is 0 Å². The molecule has 0 atom stereocenters. The topological polar surface area (TPSA) is 77.8 Å². The van der Waals surface area contributed by atoms with Gasteiger partial charge in [0.2, 0.25) is 0 Å². The van der Waals surface area contributed by atoms with Gasteiger partial charge < -0.3 is 8.83 Å². The standard InChI is InChI=1S/C42H24N4O2/c1-2-9-26(10-3-1)40-44-41(46-42(45-40)31-14-7-17-36-39(31)30-12-4-5-15-34(30)47-36)27-20-18-25(19-21-27)29-13-6-16-35-38(29)32-24-33-28(11-8-22-43-33)23-37(32)48-35/h1-24H. The smallest absolute Gasteiger partial charge is 0.164 e. The highest BCUT2D eigenvalue weighted by Gasteiger charge is 2.18. The number of benzene rings is 6. The number of pyridine rings is 1. The van der Waals surface area contributed by atoms with E-state index in [1.807, 2.05) is 85.1 Å². The first-order chi connectivity index (χ1) is 23.8. The van der Waals surface area contributed by atoms with Gasteiger partial charge in [-0.05, 0) is 47.5 Å². The minimum Gasteiger partial charge on any atom is -0.456 e. The highest BCUT2D eigenvalue weighted by atomic mass is 16.3. The van der Waals surface area contributed by atoms with Crippen LogP contribution in [-0.4, -0.2) is 19.9 Å². The van der Waals surface area contributed by atoms with E-state index in [2.05, 4.69) is 65.6 Å². The van der Waals surface area contributed by atoms with Crippen molar-refractivity contribution in [3.05, 3.63) is 146 Å². The van der Waals surface area contributed by atoms with Crippen molar-refractivity contribution < 1.29 is 8.83 Å². The van der Waals surface area contributed by atoms with Crippen LogP contribution in [-0.2, 0) is 0 Å². The number of para-hydroxylation sites is 1.